The zero-order valence-electron chi connectivity index (χ0n) is 11.0. The second-order valence-electron chi connectivity index (χ2n) is 4.82. The summed E-state index contributed by atoms with van der Waals surface area (Å²) in [6, 6.07) is 10.2. The Morgan fingerprint density at radius 2 is 1.80 bits per heavy atom. The zero-order valence-corrected chi connectivity index (χ0v) is 14.2. The van der Waals surface area contributed by atoms with Crippen molar-refractivity contribution in [3.8, 4) is 5.75 Å². The Morgan fingerprint density at radius 1 is 1.05 bits per heavy atom. The van der Waals surface area contributed by atoms with Crippen molar-refractivity contribution in [1.82, 2.24) is 0 Å². The minimum atomic E-state index is 0.818. The summed E-state index contributed by atoms with van der Waals surface area (Å²) in [5.41, 5.74) is 10.4. The first kappa shape index (κ1) is 13.8. The van der Waals surface area contributed by atoms with Gasteiger partial charge < -0.3 is 15.4 Å². The molecule has 0 saturated heterocycles. The zero-order chi connectivity index (χ0) is 14.3. The summed E-state index contributed by atoms with van der Waals surface area (Å²) in [6.45, 7) is 1.75. The van der Waals surface area contributed by atoms with E-state index < -0.39 is 0 Å². The number of nitrogen functional groups attached to an aromatic ring is 1. The molecule has 0 saturated carbocycles. The van der Waals surface area contributed by atoms with Gasteiger partial charge in [-0.25, -0.2) is 0 Å². The van der Waals surface area contributed by atoms with Gasteiger partial charge in [-0.05, 0) is 61.2 Å². The molecule has 1 aliphatic heterocycles. The highest BCUT2D eigenvalue weighted by molar-refractivity contribution is 9.11. The molecule has 104 valence electrons. The number of anilines is 2. The van der Waals surface area contributed by atoms with Crippen LogP contribution in [0.3, 0.4) is 0 Å². The van der Waals surface area contributed by atoms with Crippen molar-refractivity contribution in [2.24, 2.45) is 0 Å². The Hall–Kier alpha value is -1.20. The summed E-state index contributed by atoms with van der Waals surface area (Å²) in [5.74, 6) is 0.832. The van der Waals surface area contributed by atoms with Crippen molar-refractivity contribution in [3.63, 3.8) is 0 Å². The number of nitrogens with two attached hydrogens (primary N) is 1. The molecular weight excluding hydrogens is 384 g/mol. The maximum atomic E-state index is 5.86. The third-order valence-electron chi connectivity index (χ3n) is 3.51. The number of rotatable bonds is 2. The smallest absolute Gasteiger partial charge is 0.135 e. The molecule has 0 aliphatic carbocycles. The van der Waals surface area contributed by atoms with E-state index in [9.17, 15) is 0 Å². The van der Waals surface area contributed by atoms with Crippen LogP contribution in [0.15, 0.2) is 39.3 Å². The number of hydrogen-bond acceptors (Lipinski definition) is 3. The van der Waals surface area contributed by atoms with Gasteiger partial charge in [-0.15, -0.1) is 0 Å². The molecule has 5 heteroatoms. The Kier molecular flexibility index (Phi) is 3.65. The van der Waals surface area contributed by atoms with E-state index in [-0.39, 0.29) is 0 Å². The van der Waals surface area contributed by atoms with Crippen LogP contribution >= 0.6 is 31.9 Å². The lowest BCUT2D eigenvalue weighted by Crippen LogP contribution is -2.15. The van der Waals surface area contributed by atoms with Crippen LogP contribution in [0.4, 0.5) is 11.4 Å². The third kappa shape index (κ3) is 2.40. The largest absolute Gasteiger partial charge is 0.495 e. The summed E-state index contributed by atoms with van der Waals surface area (Å²) in [6.07, 6.45) is 0. The fourth-order valence-electron chi connectivity index (χ4n) is 2.50. The normalized spacial score (nSPS) is 13.4. The summed E-state index contributed by atoms with van der Waals surface area (Å²) >= 11 is 7.13. The van der Waals surface area contributed by atoms with Crippen LogP contribution in [0, 0.1) is 0 Å². The molecule has 0 spiro atoms. The molecule has 0 atom stereocenters. The SMILES string of the molecule is COc1cc(N2Cc3ccc(N)cc3C2)c(Br)cc1Br. The van der Waals surface area contributed by atoms with Gasteiger partial charge in [0.05, 0.1) is 17.3 Å². The van der Waals surface area contributed by atoms with Crippen molar-refractivity contribution >= 4 is 43.2 Å². The molecule has 0 fully saturated rings. The number of methoxy groups -OCH3 is 1. The van der Waals surface area contributed by atoms with Gasteiger partial charge in [-0.3, -0.25) is 0 Å². The van der Waals surface area contributed by atoms with Gasteiger partial charge in [-0.1, -0.05) is 6.07 Å². The fraction of sp³-hybridized carbons (Fsp3) is 0.200. The molecule has 2 N–H and O–H groups in total. The number of fused-ring (bicyclic) bond motifs is 1. The van der Waals surface area contributed by atoms with Gasteiger partial charge >= 0.3 is 0 Å². The number of nitrogens with zero attached hydrogens (tertiary/aromatic N) is 1. The van der Waals surface area contributed by atoms with Crippen LogP contribution < -0.4 is 15.4 Å². The van der Waals surface area contributed by atoms with Crippen molar-refractivity contribution in [2.45, 2.75) is 13.1 Å². The van der Waals surface area contributed by atoms with Crippen LogP contribution in [0.2, 0.25) is 0 Å². The first-order valence-corrected chi connectivity index (χ1v) is 7.82. The van der Waals surface area contributed by atoms with Crippen molar-refractivity contribution < 1.29 is 4.74 Å². The third-order valence-corrected chi connectivity index (χ3v) is 4.77. The van der Waals surface area contributed by atoms with Gasteiger partial charge in [0.2, 0.25) is 0 Å². The molecular formula is C15H14Br2N2O. The molecule has 3 nitrogen and oxygen atoms in total. The van der Waals surface area contributed by atoms with Crippen LogP contribution in [0.25, 0.3) is 0 Å². The predicted octanol–water partition coefficient (Wildman–Crippen LogP) is 4.32. The lowest BCUT2D eigenvalue weighted by molar-refractivity contribution is 0.412. The van der Waals surface area contributed by atoms with E-state index >= 15 is 0 Å². The van der Waals surface area contributed by atoms with E-state index in [2.05, 4.69) is 48.9 Å². The fourth-order valence-corrected chi connectivity index (χ4v) is 3.91. The van der Waals surface area contributed by atoms with Gasteiger partial charge in [-0.2, -0.15) is 0 Å². The highest BCUT2D eigenvalue weighted by atomic mass is 79.9. The summed E-state index contributed by atoms with van der Waals surface area (Å²) < 4.78 is 7.37. The molecule has 0 bridgehead atoms. The van der Waals surface area contributed by atoms with E-state index in [1.54, 1.807) is 7.11 Å². The van der Waals surface area contributed by atoms with Gasteiger partial charge in [0, 0.05) is 29.3 Å². The maximum Gasteiger partial charge on any atom is 0.135 e. The Morgan fingerprint density at radius 3 is 2.55 bits per heavy atom. The number of halogens is 2. The first-order chi connectivity index (χ1) is 9.58. The topological polar surface area (TPSA) is 38.5 Å². The molecule has 2 aromatic carbocycles. The monoisotopic (exact) mass is 396 g/mol. The highest BCUT2D eigenvalue weighted by Crippen LogP contribution is 2.39. The highest BCUT2D eigenvalue weighted by Gasteiger charge is 2.22. The average Bonchev–Trinajstić information content (AvgIpc) is 2.81. The van der Waals surface area contributed by atoms with Gasteiger partial charge in [0.1, 0.15) is 5.75 Å². The lowest BCUT2D eigenvalue weighted by Gasteiger charge is -2.20. The standard InChI is InChI=1S/C15H14Br2N2O/c1-20-15-6-14(12(16)5-13(15)17)19-7-9-2-3-11(18)4-10(9)8-19/h2-6H,7-8,18H2,1H3. The second kappa shape index (κ2) is 5.30. The van der Waals surface area contributed by atoms with Crippen molar-refractivity contribution in [3.05, 3.63) is 50.4 Å². The van der Waals surface area contributed by atoms with Crippen LogP contribution in [-0.2, 0) is 13.1 Å². The van der Waals surface area contributed by atoms with Crippen LogP contribution in [0.1, 0.15) is 11.1 Å². The van der Waals surface area contributed by atoms with Crippen molar-refractivity contribution in [1.29, 1.82) is 0 Å². The van der Waals surface area contributed by atoms with Crippen LogP contribution in [-0.4, -0.2) is 7.11 Å². The maximum absolute atomic E-state index is 5.86. The average molecular weight is 398 g/mol. The Labute approximate surface area is 135 Å². The van der Waals surface area contributed by atoms with Crippen molar-refractivity contribution in [2.75, 3.05) is 17.7 Å². The van der Waals surface area contributed by atoms with Gasteiger partial charge in [0.25, 0.3) is 0 Å². The second-order valence-corrected chi connectivity index (χ2v) is 6.53. The molecule has 3 rings (SSSR count). The molecule has 0 radical (unpaired) electrons. The molecule has 0 aromatic heterocycles. The number of hydrogen-bond donors (Lipinski definition) is 1. The minimum absolute atomic E-state index is 0.818. The summed E-state index contributed by atoms with van der Waals surface area (Å²) in [5, 5.41) is 0. The predicted molar refractivity (Wildman–Crippen MR) is 89.1 cm³/mol. The minimum Gasteiger partial charge on any atom is -0.495 e. The van der Waals surface area contributed by atoms with E-state index in [4.69, 9.17) is 10.5 Å². The van der Waals surface area contributed by atoms with E-state index in [1.165, 1.54) is 11.1 Å². The lowest BCUT2D eigenvalue weighted by atomic mass is 10.1. The number of ether oxygens (including phenoxy) is 1. The van der Waals surface area contributed by atoms with E-state index in [1.807, 2.05) is 18.2 Å². The summed E-state index contributed by atoms with van der Waals surface area (Å²) in [4.78, 5) is 2.31. The summed E-state index contributed by atoms with van der Waals surface area (Å²) in [7, 11) is 1.68. The number of benzene rings is 2. The van der Waals surface area contributed by atoms with Gasteiger partial charge in [0.15, 0.2) is 0 Å². The molecule has 1 aliphatic rings. The van der Waals surface area contributed by atoms with Crippen LogP contribution in [0.5, 0.6) is 5.75 Å². The Bertz CT molecular complexity index is 673. The van der Waals surface area contributed by atoms with E-state index in [0.29, 0.717) is 0 Å². The quantitative estimate of drug-likeness (QED) is 0.766. The van der Waals surface area contributed by atoms with E-state index in [0.717, 1.165) is 39.2 Å². The molecule has 1 heterocycles. The molecule has 0 unspecified atom stereocenters. The first-order valence-electron chi connectivity index (χ1n) is 6.23. The molecule has 20 heavy (non-hydrogen) atoms. The Balaban J connectivity index is 1.96. The molecule has 2 aromatic rings. The molecule has 0 amide bonds.